The van der Waals surface area contributed by atoms with E-state index in [0.29, 0.717) is 18.2 Å². The number of carbonyl (C=O) groups is 1. The Morgan fingerprint density at radius 2 is 2.38 bits per heavy atom. The summed E-state index contributed by atoms with van der Waals surface area (Å²) in [5.74, 6) is 1.16. The number of aromatic amines is 1. The van der Waals surface area contributed by atoms with Gasteiger partial charge in [0.25, 0.3) is 5.91 Å². The Kier molecular flexibility index (Phi) is 4.79. The molecule has 0 saturated carbocycles. The summed E-state index contributed by atoms with van der Waals surface area (Å²) in [6, 6.07) is 7.63. The molecular formula is C19H22N4O2S. The smallest absolute Gasteiger partial charge is 0.267 e. The maximum Gasteiger partial charge on any atom is 0.267 e. The van der Waals surface area contributed by atoms with Gasteiger partial charge < -0.3 is 19.9 Å². The molecule has 1 aromatic carbocycles. The van der Waals surface area contributed by atoms with Gasteiger partial charge in [0.2, 0.25) is 0 Å². The van der Waals surface area contributed by atoms with Crippen LogP contribution in [0, 0.1) is 5.92 Å². The van der Waals surface area contributed by atoms with Gasteiger partial charge in [-0.25, -0.2) is 4.98 Å². The largest absolute Gasteiger partial charge is 0.497 e. The molecule has 1 saturated heterocycles. The first-order chi connectivity index (χ1) is 12.7. The average Bonchev–Trinajstić information content (AvgIpc) is 3.35. The van der Waals surface area contributed by atoms with Crippen LogP contribution in [0.25, 0.3) is 10.9 Å². The molecule has 0 bridgehead atoms. The van der Waals surface area contributed by atoms with Gasteiger partial charge in [-0.2, -0.15) is 0 Å². The minimum atomic E-state index is -0.0634. The number of benzene rings is 1. The highest BCUT2D eigenvalue weighted by atomic mass is 32.1. The Balaban J connectivity index is 1.37. The van der Waals surface area contributed by atoms with Crippen molar-refractivity contribution < 1.29 is 9.53 Å². The molecule has 2 N–H and O–H groups in total. The van der Waals surface area contributed by atoms with Crippen LogP contribution in [-0.4, -0.2) is 42.6 Å². The Hall–Kier alpha value is -2.54. The summed E-state index contributed by atoms with van der Waals surface area (Å²) in [5.41, 5.74) is 1.49. The predicted octanol–water partition coefficient (Wildman–Crippen LogP) is 3.28. The molecule has 136 valence electrons. The topological polar surface area (TPSA) is 70.2 Å². The highest BCUT2D eigenvalue weighted by Crippen LogP contribution is 2.25. The van der Waals surface area contributed by atoms with Crippen molar-refractivity contribution in [2.24, 2.45) is 5.92 Å². The van der Waals surface area contributed by atoms with E-state index in [9.17, 15) is 4.79 Å². The highest BCUT2D eigenvalue weighted by molar-refractivity contribution is 7.13. The van der Waals surface area contributed by atoms with Crippen molar-refractivity contribution in [3.05, 3.63) is 41.5 Å². The van der Waals surface area contributed by atoms with E-state index in [0.717, 1.165) is 47.7 Å². The SMILES string of the molecule is COc1ccc2cc(C(=O)NCC3CCCN(c4nccs4)C3)[nH]c2c1. The Morgan fingerprint density at radius 1 is 1.46 bits per heavy atom. The molecule has 0 spiro atoms. The number of amides is 1. The second-order valence-electron chi connectivity index (χ2n) is 6.62. The number of thiazole rings is 1. The second-order valence-corrected chi connectivity index (χ2v) is 7.49. The number of rotatable bonds is 5. The molecule has 26 heavy (non-hydrogen) atoms. The first-order valence-electron chi connectivity index (χ1n) is 8.82. The molecule has 1 amide bonds. The number of hydrogen-bond acceptors (Lipinski definition) is 5. The number of nitrogens with one attached hydrogen (secondary N) is 2. The average molecular weight is 370 g/mol. The first-order valence-corrected chi connectivity index (χ1v) is 9.70. The fourth-order valence-corrected chi connectivity index (χ4v) is 4.15. The molecular weight excluding hydrogens is 348 g/mol. The predicted molar refractivity (Wildman–Crippen MR) is 104 cm³/mol. The Labute approximate surface area is 156 Å². The zero-order chi connectivity index (χ0) is 17.9. The zero-order valence-electron chi connectivity index (χ0n) is 14.7. The zero-order valence-corrected chi connectivity index (χ0v) is 15.5. The van der Waals surface area contributed by atoms with Gasteiger partial charge in [0.1, 0.15) is 11.4 Å². The van der Waals surface area contributed by atoms with Crippen LogP contribution in [0.4, 0.5) is 5.13 Å². The number of aromatic nitrogens is 2. The molecule has 3 heterocycles. The summed E-state index contributed by atoms with van der Waals surface area (Å²) in [5, 5.41) is 7.16. The lowest BCUT2D eigenvalue weighted by molar-refractivity contribution is 0.0941. The molecule has 0 radical (unpaired) electrons. The first kappa shape index (κ1) is 16.9. The van der Waals surface area contributed by atoms with Gasteiger partial charge >= 0.3 is 0 Å². The van der Waals surface area contributed by atoms with Crippen LogP contribution in [0.1, 0.15) is 23.3 Å². The minimum absolute atomic E-state index is 0.0634. The van der Waals surface area contributed by atoms with Crippen LogP contribution in [-0.2, 0) is 0 Å². The maximum atomic E-state index is 12.5. The van der Waals surface area contributed by atoms with Crippen molar-refractivity contribution in [1.82, 2.24) is 15.3 Å². The normalized spacial score (nSPS) is 17.4. The van der Waals surface area contributed by atoms with E-state index in [2.05, 4.69) is 20.2 Å². The summed E-state index contributed by atoms with van der Waals surface area (Å²) < 4.78 is 5.23. The molecule has 7 heteroatoms. The summed E-state index contributed by atoms with van der Waals surface area (Å²) in [6.45, 7) is 2.67. The number of hydrogen-bond donors (Lipinski definition) is 2. The monoisotopic (exact) mass is 370 g/mol. The van der Waals surface area contributed by atoms with Gasteiger partial charge in [0.15, 0.2) is 5.13 Å². The van der Waals surface area contributed by atoms with Crippen LogP contribution in [0.2, 0.25) is 0 Å². The van der Waals surface area contributed by atoms with E-state index >= 15 is 0 Å². The standard InChI is InChI=1S/C19H22N4O2S/c1-25-15-5-4-14-9-17(22-16(14)10-15)18(24)21-11-13-3-2-7-23(12-13)19-20-6-8-26-19/h4-6,8-10,13,22H,2-3,7,11-12H2,1H3,(H,21,24). The number of fused-ring (bicyclic) bond motifs is 1. The lowest BCUT2D eigenvalue weighted by Gasteiger charge is -2.32. The van der Waals surface area contributed by atoms with Crippen molar-refractivity contribution in [1.29, 1.82) is 0 Å². The van der Waals surface area contributed by atoms with Gasteiger partial charge in [-0.05, 0) is 37.0 Å². The molecule has 0 aliphatic carbocycles. The summed E-state index contributed by atoms with van der Waals surface area (Å²) in [4.78, 5) is 22.4. The molecule has 1 atom stereocenters. The number of anilines is 1. The van der Waals surface area contributed by atoms with Crippen molar-refractivity contribution in [3.63, 3.8) is 0 Å². The third-order valence-electron chi connectivity index (χ3n) is 4.83. The number of ether oxygens (including phenoxy) is 1. The summed E-state index contributed by atoms with van der Waals surface area (Å²) >= 11 is 1.67. The van der Waals surface area contributed by atoms with Crippen LogP contribution >= 0.6 is 11.3 Å². The van der Waals surface area contributed by atoms with Gasteiger partial charge in [0.05, 0.1) is 7.11 Å². The number of nitrogens with zero attached hydrogens (tertiary/aromatic N) is 2. The molecule has 1 unspecified atom stereocenters. The third-order valence-corrected chi connectivity index (χ3v) is 5.67. The molecule has 1 aliphatic heterocycles. The van der Waals surface area contributed by atoms with Crippen molar-refractivity contribution >= 4 is 33.3 Å². The number of carbonyl (C=O) groups excluding carboxylic acids is 1. The van der Waals surface area contributed by atoms with Gasteiger partial charge in [0, 0.05) is 48.2 Å². The molecule has 6 nitrogen and oxygen atoms in total. The molecule has 2 aromatic heterocycles. The van der Waals surface area contributed by atoms with E-state index < -0.39 is 0 Å². The minimum Gasteiger partial charge on any atom is -0.497 e. The van der Waals surface area contributed by atoms with Crippen molar-refractivity contribution in [2.45, 2.75) is 12.8 Å². The number of methoxy groups -OCH3 is 1. The van der Waals surface area contributed by atoms with E-state index in [-0.39, 0.29) is 5.91 Å². The summed E-state index contributed by atoms with van der Waals surface area (Å²) in [6.07, 6.45) is 4.11. The van der Waals surface area contributed by atoms with E-state index in [1.807, 2.05) is 35.8 Å². The Morgan fingerprint density at radius 3 is 3.19 bits per heavy atom. The summed E-state index contributed by atoms with van der Waals surface area (Å²) in [7, 11) is 1.64. The van der Waals surface area contributed by atoms with Crippen molar-refractivity contribution in [3.8, 4) is 5.75 Å². The third kappa shape index (κ3) is 3.53. The van der Waals surface area contributed by atoms with E-state index in [1.54, 1.807) is 18.4 Å². The maximum absolute atomic E-state index is 12.5. The molecule has 1 fully saturated rings. The highest BCUT2D eigenvalue weighted by Gasteiger charge is 2.22. The van der Waals surface area contributed by atoms with Gasteiger partial charge in [-0.3, -0.25) is 4.79 Å². The lowest BCUT2D eigenvalue weighted by Crippen LogP contribution is -2.41. The lowest BCUT2D eigenvalue weighted by atomic mass is 9.98. The van der Waals surface area contributed by atoms with E-state index in [4.69, 9.17) is 4.74 Å². The van der Waals surface area contributed by atoms with Crippen LogP contribution in [0.3, 0.4) is 0 Å². The fourth-order valence-electron chi connectivity index (χ4n) is 3.47. The molecule has 4 rings (SSSR count). The van der Waals surface area contributed by atoms with E-state index in [1.165, 1.54) is 0 Å². The molecule has 1 aliphatic rings. The molecule has 3 aromatic rings. The van der Waals surface area contributed by atoms with Gasteiger partial charge in [-0.15, -0.1) is 11.3 Å². The van der Waals surface area contributed by atoms with Crippen LogP contribution in [0.15, 0.2) is 35.8 Å². The number of piperidine rings is 1. The second kappa shape index (κ2) is 7.37. The fraction of sp³-hybridized carbons (Fsp3) is 0.368. The van der Waals surface area contributed by atoms with Gasteiger partial charge in [-0.1, -0.05) is 0 Å². The number of H-pyrrole nitrogens is 1. The van der Waals surface area contributed by atoms with Crippen molar-refractivity contribution in [2.75, 3.05) is 31.6 Å². The van der Waals surface area contributed by atoms with Crippen LogP contribution < -0.4 is 15.0 Å². The van der Waals surface area contributed by atoms with Crippen LogP contribution in [0.5, 0.6) is 5.75 Å². The Bertz CT molecular complexity index is 890. The quantitative estimate of drug-likeness (QED) is 0.723.